The summed E-state index contributed by atoms with van der Waals surface area (Å²) in [4.78, 5) is 2.68. The quantitative estimate of drug-likeness (QED) is 0.683. The average Bonchev–Trinajstić information content (AvgIpc) is 3.19. The van der Waals surface area contributed by atoms with E-state index in [1.54, 1.807) is 0 Å². The average molecular weight is 231 g/mol. The lowest BCUT2D eigenvalue weighted by Crippen LogP contribution is -2.34. The molecule has 0 amide bonds. The van der Waals surface area contributed by atoms with Crippen LogP contribution in [0.4, 0.5) is 0 Å². The molecule has 0 aliphatic heterocycles. The highest BCUT2D eigenvalue weighted by atomic mass is 15.2. The third kappa shape index (κ3) is 3.85. The van der Waals surface area contributed by atoms with Crippen LogP contribution >= 0.6 is 0 Å². The van der Waals surface area contributed by atoms with Crippen LogP contribution in [0.5, 0.6) is 0 Å². The van der Waals surface area contributed by atoms with E-state index < -0.39 is 0 Å². The molecule has 1 saturated carbocycles. The molecule has 1 aromatic carbocycles. The number of rotatable bonds is 7. The fourth-order valence-electron chi connectivity index (χ4n) is 2.48. The third-order valence-electron chi connectivity index (χ3n) is 3.91. The van der Waals surface area contributed by atoms with Crippen molar-refractivity contribution in [3.63, 3.8) is 0 Å². The summed E-state index contributed by atoms with van der Waals surface area (Å²) < 4.78 is 0. The minimum Gasteiger partial charge on any atom is -0.296 e. The fraction of sp³-hybridized carbons (Fsp3) is 0.625. The Balaban J connectivity index is 1.94. The van der Waals surface area contributed by atoms with Crippen molar-refractivity contribution in [2.45, 2.75) is 52.1 Å². The molecule has 0 radical (unpaired) electrons. The molecule has 94 valence electrons. The summed E-state index contributed by atoms with van der Waals surface area (Å²) in [5, 5.41) is 0. The molecule has 0 spiro atoms. The molecule has 1 aromatic rings. The van der Waals surface area contributed by atoms with Crippen molar-refractivity contribution in [1.82, 2.24) is 4.90 Å². The van der Waals surface area contributed by atoms with E-state index >= 15 is 0 Å². The van der Waals surface area contributed by atoms with Crippen LogP contribution in [-0.4, -0.2) is 17.5 Å². The Hall–Kier alpha value is -0.820. The first kappa shape index (κ1) is 12.6. The van der Waals surface area contributed by atoms with Crippen LogP contribution in [0.3, 0.4) is 0 Å². The predicted molar refractivity (Wildman–Crippen MR) is 73.9 cm³/mol. The Morgan fingerprint density at radius 3 is 2.53 bits per heavy atom. The zero-order chi connectivity index (χ0) is 12.1. The summed E-state index contributed by atoms with van der Waals surface area (Å²) >= 11 is 0. The maximum atomic E-state index is 2.68. The van der Waals surface area contributed by atoms with Gasteiger partial charge in [-0.1, -0.05) is 43.7 Å². The fourth-order valence-corrected chi connectivity index (χ4v) is 2.48. The summed E-state index contributed by atoms with van der Waals surface area (Å²) in [5.41, 5.74) is 1.45. The lowest BCUT2D eigenvalue weighted by atomic mass is 10.1. The Bertz CT molecular complexity index is 316. The van der Waals surface area contributed by atoms with E-state index in [2.05, 4.69) is 49.1 Å². The number of nitrogens with zero attached hydrogens (tertiary/aromatic N) is 1. The molecule has 17 heavy (non-hydrogen) atoms. The van der Waals surface area contributed by atoms with Crippen LogP contribution in [0.2, 0.25) is 0 Å². The minimum absolute atomic E-state index is 0.766. The molecule has 0 bridgehead atoms. The van der Waals surface area contributed by atoms with Crippen molar-refractivity contribution >= 4 is 0 Å². The molecule has 0 aromatic heterocycles. The molecular weight excluding hydrogens is 206 g/mol. The second-order valence-corrected chi connectivity index (χ2v) is 5.39. The lowest BCUT2D eigenvalue weighted by Gasteiger charge is -2.29. The van der Waals surface area contributed by atoms with E-state index in [1.165, 1.54) is 37.8 Å². The Kier molecular flexibility index (Phi) is 4.61. The molecule has 1 nitrogen and oxygen atoms in total. The minimum atomic E-state index is 0.766. The van der Waals surface area contributed by atoms with E-state index in [9.17, 15) is 0 Å². The molecule has 1 unspecified atom stereocenters. The first-order valence-corrected chi connectivity index (χ1v) is 7.09. The van der Waals surface area contributed by atoms with Gasteiger partial charge in [-0.2, -0.15) is 0 Å². The van der Waals surface area contributed by atoms with Gasteiger partial charge in [0.1, 0.15) is 0 Å². The molecule has 1 aliphatic carbocycles. The van der Waals surface area contributed by atoms with E-state index in [-0.39, 0.29) is 0 Å². The van der Waals surface area contributed by atoms with Gasteiger partial charge in [-0.25, -0.2) is 0 Å². The van der Waals surface area contributed by atoms with Crippen LogP contribution in [-0.2, 0) is 6.54 Å². The largest absolute Gasteiger partial charge is 0.296 e. The van der Waals surface area contributed by atoms with Crippen molar-refractivity contribution in [3.05, 3.63) is 35.9 Å². The van der Waals surface area contributed by atoms with Gasteiger partial charge in [0, 0.05) is 12.6 Å². The molecule has 1 heteroatoms. The van der Waals surface area contributed by atoms with E-state index in [0.29, 0.717) is 0 Å². The van der Waals surface area contributed by atoms with Gasteiger partial charge in [0.15, 0.2) is 0 Å². The first-order chi connectivity index (χ1) is 8.31. The highest BCUT2D eigenvalue weighted by Gasteiger charge is 2.31. The monoisotopic (exact) mass is 231 g/mol. The van der Waals surface area contributed by atoms with E-state index in [4.69, 9.17) is 0 Å². The van der Waals surface area contributed by atoms with Crippen LogP contribution in [0.15, 0.2) is 30.3 Å². The standard InChI is InChI=1S/C16H25N/c1-3-4-12-17(14(2)16-10-11-16)13-15-8-6-5-7-9-15/h5-9,14,16H,3-4,10-13H2,1-2H3. The second-order valence-electron chi connectivity index (χ2n) is 5.39. The lowest BCUT2D eigenvalue weighted by molar-refractivity contribution is 0.178. The number of hydrogen-bond acceptors (Lipinski definition) is 1. The van der Waals surface area contributed by atoms with E-state index in [0.717, 1.165) is 18.5 Å². The Labute approximate surface area is 106 Å². The zero-order valence-electron chi connectivity index (χ0n) is 11.2. The van der Waals surface area contributed by atoms with Gasteiger partial charge in [-0.3, -0.25) is 4.90 Å². The van der Waals surface area contributed by atoms with E-state index in [1.807, 2.05) is 0 Å². The van der Waals surface area contributed by atoms with Gasteiger partial charge in [-0.05, 0) is 44.2 Å². The summed E-state index contributed by atoms with van der Waals surface area (Å²) in [7, 11) is 0. The second kappa shape index (κ2) is 6.20. The van der Waals surface area contributed by atoms with Crippen molar-refractivity contribution < 1.29 is 0 Å². The first-order valence-electron chi connectivity index (χ1n) is 7.09. The van der Waals surface area contributed by atoms with Gasteiger partial charge < -0.3 is 0 Å². The van der Waals surface area contributed by atoms with Crippen molar-refractivity contribution in [1.29, 1.82) is 0 Å². The topological polar surface area (TPSA) is 3.24 Å². The summed E-state index contributed by atoms with van der Waals surface area (Å²) in [5.74, 6) is 0.968. The van der Waals surface area contributed by atoms with Gasteiger partial charge in [-0.15, -0.1) is 0 Å². The van der Waals surface area contributed by atoms with Crippen molar-refractivity contribution in [2.75, 3.05) is 6.54 Å². The molecule has 1 atom stereocenters. The predicted octanol–water partition coefficient (Wildman–Crippen LogP) is 4.09. The maximum Gasteiger partial charge on any atom is 0.0236 e. The van der Waals surface area contributed by atoms with Crippen LogP contribution < -0.4 is 0 Å². The number of benzene rings is 1. The molecule has 0 saturated heterocycles. The molecular formula is C16H25N. The van der Waals surface area contributed by atoms with Crippen molar-refractivity contribution in [3.8, 4) is 0 Å². The van der Waals surface area contributed by atoms with Gasteiger partial charge in [0.2, 0.25) is 0 Å². The molecule has 1 fully saturated rings. The summed E-state index contributed by atoms with van der Waals surface area (Å²) in [6, 6.07) is 11.7. The van der Waals surface area contributed by atoms with Gasteiger partial charge >= 0.3 is 0 Å². The smallest absolute Gasteiger partial charge is 0.0236 e. The number of hydrogen-bond donors (Lipinski definition) is 0. The molecule has 0 N–H and O–H groups in total. The molecule has 1 aliphatic rings. The normalized spacial score (nSPS) is 17.4. The zero-order valence-corrected chi connectivity index (χ0v) is 11.2. The number of unbranched alkanes of at least 4 members (excludes halogenated alkanes) is 1. The van der Waals surface area contributed by atoms with Crippen LogP contribution in [0, 0.1) is 5.92 Å². The van der Waals surface area contributed by atoms with Crippen LogP contribution in [0.1, 0.15) is 45.1 Å². The Morgan fingerprint density at radius 2 is 1.94 bits per heavy atom. The maximum absolute atomic E-state index is 2.68. The third-order valence-corrected chi connectivity index (χ3v) is 3.91. The SMILES string of the molecule is CCCCN(Cc1ccccc1)C(C)C1CC1. The van der Waals surface area contributed by atoms with Crippen molar-refractivity contribution in [2.24, 2.45) is 5.92 Å². The Morgan fingerprint density at radius 1 is 1.24 bits per heavy atom. The molecule has 2 rings (SSSR count). The molecule has 0 heterocycles. The highest BCUT2D eigenvalue weighted by molar-refractivity contribution is 5.14. The van der Waals surface area contributed by atoms with Gasteiger partial charge in [0.05, 0.1) is 0 Å². The highest BCUT2D eigenvalue weighted by Crippen LogP contribution is 2.35. The van der Waals surface area contributed by atoms with Crippen LogP contribution in [0.25, 0.3) is 0 Å². The van der Waals surface area contributed by atoms with Gasteiger partial charge in [0.25, 0.3) is 0 Å². The summed E-state index contributed by atoms with van der Waals surface area (Å²) in [6.45, 7) is 7.07. The summed E-state index contributed by atoms with van der Waals surface area (Å²) in [6.07, 6.45) is 5.50.